The monoisotopic (exact) mass is 1000 g/mol. The van der Waals surface area contributed by atoms with Crippen molar-refractivity contribution in [2.75, 3.05) is 32.6 Å². The minimum atomic E-state index is -3.82. The van der Waals surface area contributed by atoms with Gasteiger partial charge in [0.05, 0.1) is 65.6 Å². The van der Waals surface area contributed by atoms with Gasteiger partial charge in [-0.2, -0.15) is 0 Å². The van der Waals surface area contributed by atoms with E-state index in [-0.39, 0.29) is 65.6 Å². The van der Waals surface area contributed by atoms with Crippen LogP contribution in [0, 0.1) is 0 Å². The lowest BCUT2D eigenvalue weighted by Gasteiger charge is -2.48. The maximum Gasteiger partial charge on any atom is 0.333 e. The second-order valence-electron chi connectivity index (χ2n) is 17.7. The van der Waals surface area contributed by atoms with Crippen molar-refractivity contribution in [2.45, 2.75) is 108 Å². The van der Waals surface area contributed by atoms with Gasteiger partial charge in [0, 0.05) is 0 Å². The SMILES string of the molecule is CCOP(=O)(C[C@H]1O[C@@](COCc2ccccc2)(O[C@H]2O[C@H](CO)[C@@H](OCc3ccccc3)[C@H](OCc3ccccc3)[C@H]2OCc2ccccc2)[C@@H](OCc2ccccc2)[C@@H]1OCc1ccccc1)OCC. The van der Waals surface area contributed by atoms with E-state index >= 15 is 0 Å². The molecule has 382 valence electrons. The molecule has 2 heterocycles. The minimum Gasteiger partial charge on any atom is -0.394 e. The lowest BCUT2D eigenvalue weighted by Crippen LogP contribution is -2.64. The van der Waals surface area contributed by atoms with E-state index in [9.17, 15) is 9.67 Å². The first-order chi connectivity index (χ1) is 35.4. The highest BCUT2D eigenvalue weighted by atomic mass is 31.2. The molecule has 6 aromatic carbocycles. The molecular weight excluding hydrogens is 936 g/mol. The van der Waals surface area contributed by atoms with Gasteiger partial charge in [-0.25, -0.2) is 0 Å². The predicted octanol–water partition coefficient (Wildman–Crippen LogP) is 10.2. The molecule has 0 saturated carbocycles. The van der Waals surface area contributed by atoms with Gasteiger partial charge in [0.25, 0.3) is 0 Å². The molecule has 6 aromatic rings. The number of rotatable bonds is 28. The fourth-order valence-corrected chi connectivity index (χ4v) is 10.8. The first kappa shape index (κ1) is 53.4. The highest BCUT2D eigenvalue weighted by Gasteiger charge is 2.62. The molecule has 8 rings (SSSR count). The lowest BCUT2D eigenvalue weighted by molar-refractivity contribution is -0.397. The van der Waals surface area contributed by atoms with Crippen molar-refractivity contribution in [3.05, 3.63) is 215 Å². The highest BCUT2D eigenvalue weighted by Crippen LogP contribution is 2.53. The molecule has 72 heavy (non-hydrogen) atoms. The van der Waals surface area contributed by atoms with Gasteiger partial charge in [-0.05, 0) is 47.2 Å². The van der Waals surface area contributed by atoms with E-state index in [2.05, 4.69) is 0 Å². The summed E-state index contributed by atoms with van der Waals surface area (Å²) >= 11 is 0. The standard InChI is InChI=1S/C58H67O13P/c1-3-67-72(60,68-4-2)42-51-53(63-38-46-27-15-7-16-28-46)56(66-41-49-33-21-10-22-34-49)58(70-51,43-61-36-44-23-11-5-12-24-44)71-57-55(65-40-48-31-19-9-20-32-48)54(64-39-47-29-17-8-18-30-47)52(50(35-59)69-57)62-37-45-25-13-6-14-26-45/h5-34,50-57,59H,3-4,35-43H2,1-2H3/t50-,51-,52-,53-,54+,55-,56+,57-,58+/m1/s1. The Labute approximate surface area is 423 Å². The Bertz CT molecular complexity index is 2470. The number of ether oxygens (including phenoxy) is 9. The van der Waals surface area contributed by atoms with Crippen LogP contribution in [-0.2, 0) is 95.9 Å². The normalized spacial score (nSPS) is 24.3. The van der Waals surface area contributed by atoms with Crippen LogP contribution in [0.2, 0.25) is 0 Å². The van der Waals surface area contributed by atoms with E-state index in [0.717, 1.165) is 33.4 Å². The van der Waals surface area contributed by atoms with Gasteiger partial charge in [-0.3, -0.25) is 4.57 Å². The molecule has 0 unspecified atom stereocenters. The average Bonchev–Trinajstić information content (AvgIpc) is 3.69. The summed E-state index contributed by atoms with van der Waals surface area (Å²) in [5.41, 5.74) is 5.41. The van der Waals surface area contributed by atoms with Crippen molar-refractivity contribution in [3.63, 3.8) is 0 Å². The molecule has 0 aliphatic carbocycles. The summed E-state index contributed by atoms with van der Waals surface area (Å²) in [4.78, 5) is 0. The lowest BCUT2D eigenvalue weighted by atomic mass is 9.97. The van der Waals surface area contributed by atoms with Crippen LogP contribution in [0.15, 0.2) is 182 Å². The minimum absolute atomic E-state index is 0.113. The molecule has 2 aliphatic rings. The van der Waals surface area contributed by atoms with Crippen molar-refractivity contribution in [2.24, 2.45) is 0 Å². The third-order valence-corrected chi connectivity index (χ3v) is 14.5. The maximum atomic E-state index is 14.7. The van der Waals surface area contributed by atoms with Crippen LogP contribution < -0.4 is 0 Å². The zero-order valence-corrected chi connectivity index (χ0v) is 41.9. The molecule has 0 spiro atoms. The summed E-state index contributed by atoms with van der Waals surface area (Å²) in [6.07, 6.45) is -8.33. The van der Waals surface area contributed by atoms with Crippen LogP contribution in [0.25, 0.3) is 0 Å². The van der Waals surface area contributed by atoms with Gasteiger partial charge in [0.2, 0.25) is 5.79 Å². The van der Waals surface area contributed by atoms with Crippen molar-refractivity contribution in [1.29, 1.82) is 0 Å². The Morgan fingerprint density at radius 2 is 0.847 bits per heavy atom. The summed E-state index contributed by atoms with van der Waals surface area (Å²) in [5.74, 6) is -1.88. The van der Waals surface area contributed by atoms with Crippen molar-refractivity contribution in [3.8, 4) is 0 Å². The third kappa shape index (κ3) is 14.9. The van der Waals surface area contributed by atoms with Gasteiger partial charge in [0.1, 0.15) is 49.3 Å². The molecule has 1 N–H and O–H groups in total. The zero-order valence-electron chi connectivity index (χ0n) is 41.0. The fourth-order valence-electron chi connectivity index (χ4n) is 8.99. The molecule has 9 atom stereocenters. The van der Waals surface area contributed by atoms with Gasteiger partial charge >= 0.3 is 7.60 Å². The molecule has 14 heteroatoms. The maximum absolute atomic E-state index is 14.7. The first-order valence-electron chi connectivity index (χ1n) is 24.8. The largest absolute Gasteiger partial charge is 0.394 e. The fraction of sp³-hybridized carbons (Fsp3) is 0.379. The van der Waals surface area contributed by atoms with Crippen LogP contribution in [0.1, 0.15) is 47.2 Å². The number of aliphatic hydroxyl groups is 1. The quantitative estimate of drug-likeness (QED) is 0.0467. The molecule has 0 radical (unpaired) electrons. The topological polar surface area (TPSA) is 139 Å². The molecule has 0 bridgehead atoms. The Morgan fingerprint density at radius 3 is 1.26 bits per heavy atom. The Hall–Kier alpha value is -4.93. The van der Waals surface area contributed by atoms with E-state index < -0.39 is 69.0 Å². The Balaban J connectivity index is 1.24. The molecular formula is C58H67O13P. The second kappa shape index (κ2) is 27.4. The molecule has 0 amide bonds. The molecule has 0 aromatic heterocycles. The summed E-state index contributed by atoms with van der Waals surface area (Å²) in [6.45, 7) is 4.06. The molecule has 2 saturated heterocycles. The number of hydrogen-bond acceptors (Lipinski definition) is 13. The summed E-state index contributed by atoms with van der Waals surface area (Å²) in [7, 11) is -3.82. The highest BCUT2D eigenvalue weighted by molar-refractivity contribution is 7.53. The second-order valence-corrected chi connectivity index (χ2v) is 19.8. The van der Waals surface area contributed by atoms with Crippen LogP contribution in [-0.4, -0.2) is 92.5 Å². The number of aliphatic hydroxyl groups excluding tert-OH is 1. The third-order valence-electron chi connectivity index (χ3n) is 12.4. The zero-order chi connectivity index (χ0) is 49.9. The summed E-state index contributed by atoms with van der Waals surface area (Å²) < 4.78 is 89.3. The molecule has 2 aliphatic heterocycles. The molecule has 2 fully saturated rings. The van der Waals surface area contributed by atoms with E-state index in [1.807, 2.05) is 182 Å². The van der Waals surface area contributed by atoms with E-state index in [0.29, 0.717) is 0 Å². The van der Waals surface area contributed by atoms with Crippen LogP contribution >= 0.6 is 7.60 Å². The van der Waals surface area contributed by atoms with Crippen LogP contribution in [0.3, 0.4) is 0 Å². The Morgan fingerprint density at radius 1 is 0.472 bits per heavy atom. The smallest absolute Gasteiger partial charge is 0.333 e. The summed E-state index contributed by atoms with van der Waals surface area (Å²) in [5, 5.41) is 11.3. The van der Waals surface area contributed by atoms with Gasteiger partial charge in [-0.15, -0.1) is 0 Å². The molecule has 13 nitrogen and oxygen atoms in total. The number of hydrogen-bond donors (Lipinski definition) is 1. The van der Waals surface area contributed by atoms with E-state index in [4.69, 9.17) is 51.7 Å². The summed E-state index contributed by atoms with van der Waals surface area (Å²) in [6, 6.07) is 58.6. The van der Waals surface area contributed by atoms with E-state index in [1.165, 1.54) is 0 Å². The van der Waals surface area contributed by atoms with E-state index in [1.54, 1.807) is 13.8 Å². The first-order valence-corrected chi connectivity index (χ1v) is 26.5. The van der Waals surface area contributed by atoms with Gasteiger partial charge in [-0.1, -0.05) is 182 Å². The number of benzene rings is 6. The van der Waals surface area contributed by atoms with Crippen molar-refractivity contribution >= 4 is 7.60 Å². The Kier molecular flexibility index (Phi) is 20.3. The van der Waals surface area contributed by atoms with Crippen LogP contribution in [0.4, 0.5) is 0 Å². The van der Waals surface area contributed by atoms with Crippen LogP contribution in [0.5, 0.6) is 0 Å². The van der Waals surface area contributed by atoms with Gasteiger partial charge < -0.3 is 56.8 Å². The predicted molar refractivity (Wildman–Crippen MR) is 271 cm³/mol. The van der Waals surface area contributed by atoms with Crippen molar-refractivity contribution < 1.29 is 61.4 Å². The van der Waals surface area contributed by atoms with Gasteiger partial charge in [0.15, 0.2) is 6.29 Å². The van der Waals surface area contributed by atoms with Crippen molar-refractivity contribution in [1.82, 2.24) is 0 Å². The average molecular weight is 1000 g/mol.